The fourth-order valence-electron chi connectivity index (χ4n) is 11.8. The number of furan rings is 1. The van der Waals surface area contributed by atoms with E-state index in [2.05, 4.69) is 283 Å². The summed E-state index contributed by atoms with van der Waals surface area (Å²) in [7, 11) is 0. The van der Waals surface area contributed by atoms with Gasteiger partial charge >= 0.3 is 0 Å². The molecule has 0 radical (unpaired) electrons. The largest absolute Gasteiger partial charge is 0.455 e. The summed E-state index contributed by atoms with van der Waals surface area (Å²) in [5, 5.41) is 4.35. The smallest absolute Gasteiger partial charge is 0.164 e. The predicted molar refractivity (Wildman–Crippen MR) is 342 cm³/mol. The van der Waals surface area contributed by atoms with E-state index in [9.17, 15) is 0 Å². The van der Waals surface area contributed by atoms with Gasteiger partial charge in [-0.2, -0.15) is 0 Å². The summed E-state index contributed by atoms with van der Waals surface area (Å²) in [5.74, 6) is 1.75. The quantitative estimate of drug-likeness (QED) is 0.145. The molecule has 3 heterocycles. The summed E-state index contributed by atoms with van der Waals surface area (Å²) in [6, 6.07) is 91.4. The van der Waals surface area contributed by atoms with Crippen LogP contribution in [0.4, 0.5) is 0 Å². The van der Waals surface area contributed by atoms with Gasteiger partial charge in [-0.25, -0.2) is 15.0 Å². The number of hydrogen-bond acceptors (Lipinski definition) is 4. The van der Waals surface area contributed by atoms with Gasteiger partial charge in [-0.15, -0.1) is 0 Å². The molecule has 5 heteroatoms. The molecule has 0 fully saturated rings. The Morgan fingerprint density at radius 3 is 1.23 bits per heavy atom. The SMILES string of the molecule is CC(C)(C)c1ccc(-c2cc(-c3nc(-c4ccccc4)nc(-c4cc(-c5ccccc5)cc(-c5ccccc5)c4)n3)cc(-c3ccc(C(C)(C)C)cc3)c2-n2c3ccccc3c3c4oc5c(-c6ccccc6)cccc5c4ccc32)cc1. The van der Waals surface area contributed by atoms with Crippen molar-refractivity contribution in [3.63, 3.8) is 0 Å². The minimum atomic E-state index is -0.0539. The topological polar surface area (TPSA) is 56.7 Å². The molecule has 0 N–H and O–H groups in total. The second-order valence-electron chi connectivity index (χ2n) is 23.6. The molecule has 11 aromatic carbocycles. The Labute approximate surface area is 478 Å². The summed E-state index contributed by atoms with van der Waals surface area (Å²) in [6.07, 6.45) is 0. The van der Waals surface area contributed by atoms with Gasteiger partial charge in [0.05, 0.1) is 22.1 Å². The first-order chi connectivity index (χ1) is 39.9. The van der Waals surface area contributed by atoms with Gasteiger partial charge in [-0.05, 0) is 109 Å². The zero-order chi connectivity index (χ0) is 55.7. The molecule has 0 unspecified atom stereocenters. The van der Waals surface area contributed by atoms with E-state index in [0.717, 1.165) is 122 Å². The number of rotatable bonds is 9. The van der Waals surface area contributed by atoms with Crippen LogP contribution in [0.2, 0.25) is 0 Å². The predicted octanol–water partition coefficient (Wildman–Crippen LogP) is 20.8. The molecule has 0 aliphatic heterocycles. The minimum Gasteiger partial charge on any atom is -0.455 e. The number of nitrogens with zero attached hydrogens (tertiary/aromatic N) is 4. The number of benzene rings is 11. The average Bonchev–Trinajstić information content (AvgIpc) is 2.63. The van der Waals surface area contributed by atoms with E-state index in [1.54, 1.807) is 0 Å². The van der Waals surface area contributed by atoms with Crippen molar-refractivity contribution >= 4 is 43.7 Å². The Morgan fingerprint density at radius 2 is 0.707 bits per heavy atom. The molecule has 394 valence electrons. The van der Waals surface area contributed by atoms with Gasteiger partial charge in [-0.3, -0.25) is 0 Å². The molecule has 0 saturated heterocycles. The van der Waals surface area contributed by atoms with Crippen LogP contribution < -0.4 is 0 Å². The number of hydrogen-bond donors (Lipinski definition) is 0. The first-order valence-electron chi connectivity index (χ1n) is 28.3. The molecule has 82 heavy (non-hydrogen) atoms. The third-order valence-corrected chi connectivity index (χ3v) is 16.2. The first-order valence-corrected chi connectivity index (χ1v) is 28.3. The Kier molecular flexibility index (Phi) is 12.2. The van der Waals surface area contributed by atoms with Crippen molar-refractivity contribution in [1.82, 2.24) is 19.5 Å². The number of aromatic nitrogens is 4. The third-order valence-electron chi connectivity index (χ3n) is 16.2. The highest BCUT2D eigenvalue weighted by molar-refractivity contribution is 6.25. The van der Waals surface area contributed by atoms with Gasteiger partial charge in [0.15, 0.2) is 17.5 Å². The number of para-hydroxylation sites is 2. The normalized spacial score (nSPS) is 12.0. The van der Waals surface area contributed by atoms with Crippen LogP contribution in [0.5, 0.6) is 0 Å². The van der Waals surface area contributed by atoms with Crippen LogP contribution in [0.1, 0.15) is 52.7 Å². The Balaban J connectivity index is 1.08. The van der Waals surface area contributed by atoms with Crippen LogP contribution in [-0.4, -0.2) is 19.5 Å². The molecular formula is C77H60N4O. The van der Waals surface area contributed by atoms with Crippen LogP contribution >= 0.6 is 0 Å². The Morgan fingerprint density at radius 1 is 0.293 bits per heavy atom. The van der Waals surface area contributed by atoms with E-state index in [1.807, 2.05) is 18.2 Å². The molecule has 0 bridgehead atoms. The van der Waals surface area contributed by atoms with Crippen LogP contribution in [0.25, 0.3) is 139 Å². The minimum absolute atomic E-state index is 0.0539. The fraction of sp³-hybridized carbons (Fsp3) is 0.104. The van der Waals surface area contributed by atoms with Gasteiger partial charge in [0.2, 0.25) is 0 Å². The van der Waals surface area contributed by atoms with Gasteiger partial charge < -0.3 is 8.98 Å². The van der Waals surface area contributed by atoms with Crippen LogP contribution in [0.3, 0.4) is 0 Å². The summed E-state index contributed by atoms with van der Waals surface area (Å²) in [4.78, 5) is 16.4. The molecule has 14 rings (SSSR count). The van der Waals surface area contributed by atoms with Crippen LogP contribution in [0, 0.1) is 0 Å². The molecule has 0 aliphatic rings. The van der Waals surface area contributed by atoms with Gasteiger partial charge in [0, 0.05) is 49.5 Å². The van der Waals surface area contributed by atoms with Gasteiger partial charge in [0.25, 0.3) is 0 Å². The van der Waals surface area contributed by atoms with Crippen molar-refractivity contribution in [3.05, 3.63) is 266 Å². The molecule has 3 aromatic heterocycles. The zero-order valence-corrected chi connectivity index (χ0v) is 46.9. The van der Waals surface area contributed by atoms with E-state index < -0.39 is 0 Å². The lowest BCUT2D eigenvalue weighted by Crippen LogP contribution is -2.11. The van der Waals surface area contributed by atoms with E-state index in [0.29, 0.717) is 17.5 Å². The maximum atomic E-state index is 7.23. The van der Waals surface area contributed by atoms with Gasteiger partial charge in [-0.1, -0.05) is 248 Å². The highest BCUT2D eigenvalue weighted by atomic mass is 16.3. The molecule has 14 aromatic rings. The fourth-order valence-corrected chi connectivity index (χ4v) is 11.8. The van der Waals surface area contributed by atoms with Crippen molar-refractivity contribution < 1.29 is 4.42 Å². The monoisotopic (exact) mass is 1060 g/mol. The summed E-state index contributed by atoms with van der Waals surface area (Å²) >= 11 is 0. The Hall–Kier alpha value is -9.97. The molecule has 0 aliphatic carbocycles. The van der Waals surface area contributed by atoms with Crippen molar-refractivity contribution in [1.29, 1.82) is 0 Å². The van der Waals surface area contributed by atoms with Crippen LogP contribution in [0.15, 0.2) is 259 Å². The average molecular weight is 1060 g/mol. The molecule has 0 atom stereocenters. The number of fused-ring (bicyclic) bond motifs is 7. The van der Waals surface area contributed by atoms with Crippen LogP contribution in [-0.2, 0) is 10.8 Å². The van der Waals surface area contributed by atoms with E-state index in [-0.39, 0.29) is 10.8 Å². The van der Waals surface area contributed by atoms with E-state index in [4.69, 9.17) is 19.4 Å². The van der Waals surface area contributed by atoms with Crippen molar-refractivity contribution in [2.24, 2.45) is 0 Å². The second kappa shape index (κ2) is 20.0. The van der Waals surface area contributed by atoms with Crippen molar-refractivity contribution in [2.45, 2.75) is 52.4 Å². The summed E-state index contributed by atoms with van der Waals surface area (Å²) in [5.41, 5.74) is 20.8. The Bertz CT molecular complexity index is 4560. The maximum absolute atomic E-state index is 7.23. The lowest BCUT2D eigenvalue weighted by atomic mass is 9.84. The standard InChI is InChI=1S/C77H60N4O/c1-76(2,3)59-38-34-52(35-39-59)65-47-58(75-79-73(54-28-17-10-18-29-54)78-74(80-75)57-45-55(49-22-11-7-12-23-49)44-56(46-57)50-24-13-8-14-25-50)48-66(53-36-40-60(41-37-53)77(4,5)6)70(65)81-67-33-20-19-30-64(67)69-68(81)43-42-63-62-32-21-31-61(71(62)82-72(63)69)51-26-15-9-16-27-51/h7-48H,1-6H3. The highest BCUT2D eigenvalue weighted by Crippen LogP contribution is 2.48. The highest BCUT2D eigenvalue weighted by Gasteiger charge is 2.27. The third kappa shape index (κ3) is 9.05. The lowest BCUT2D eigenvalue weighted by Gasteiger charge is -2.23. The second-order valence-corrected chi connectivity index (χ2v) is 23.6. The molecule has 0 saturated carbocycles. The zero-order valence-electron chi connectivity index (χ0n) is 46.9. The molecular weight excluding hydrogens is 997 g/mol. The van der Waals surface area contributed by atoms with E-state index >= 15 is 0 Å². The molecule has 0 amide bonds. The first kappa shape index (κ1) is 50.3. The van der Waals surface area contributed by atoms with Crippen molar-refractivity contribution in [2.75, 3.05) is 0 Å². The molecule has 0 spiro atoms. The lowest BCUT2D eigenvalue weighted by molar-refractivity contribution is 0.590. The van der Waals surface area contributed by atoms with E-state index in [1.165, 1.54) is 11.1 Å². The van der Waals surface area contributed by atoms with Gasteiger partial charge in [0.1, 0.15) is 11.2 Å². The summed E-state index contributed by atoms with van der Waals surface area (Å²) in [6.45, 7) is 13.6. The molecule has 5 nitrogen and oxygen atoms in total. The summed E-state index contributed by atoms with van der Waals surface area (Å²) < 4.78 is 9.71. The van der Waals surface area contributed by atoms with Crippen molar-refractivity contribution in [3.8, 4) is 95.5 Å². The maximum Gasteiger partial charge on any atom is 0.164 e.